The van der Waals surface area contributed by atoms with Crippen LogP contribution in [0, 0.1) is 5.92 Å². The summed E-state index contributed by atoms with van der Waals surface area (Å²) in [4.78, 5) is 6.69. The molecule has 4 nitrogen and oxygen atoms in total. The van der Waals surface area contributed by atoms with Crippen LogP contribution in [0.2, 0.25) is 0 Å². The number of likely N-dealkylation sites (tertiary alicyclic amines) is 1. The highest BCUT2D eigenvalue weighted by atomic mass is 16.4. The van der Waals surface area contributed by atoms with Gasteiger partial charge in [0.1, 0.15) is 5.76 Å². The van der Waals surface area contributed by atoms with Gasteiger partial charge in [-0.2, -0.15) is 0 Å². The van der Waals surface area contributed by atoms with E-state index in [0.717, 1.165) is 30.4 Å². The highest BCUT2D eigenvalue weighted by Crippen LogP contribution is 2.20. The van der Waals surface area contributed by atoms with Gasteiger partial charge < -0.3 is 15.1 Å². The molecule has 2 rings (SSSR count). The van der Waals surface area contributed by atoms with Crippen molar-refractivity contribution in [1.29, 1.82) is 0 Å². The molecule has 1 saturated heterocycles. The van der Waals surface area contributed by atoms with Crippen LogP contribution < -0.4 is 5.73 Å². The molecular weight excluding hydrogens is 202 g/mol. The third-order valence-electron chi connectivity index (χ3n) is 3.29. The molecule has 1 aliphatic heterocycles. The minimum atomic E-state index is 0.628. The summed E-state index contributed by atoms with van der Waals surface area (Å²) in [5.41, 5.74) is 5.48. The zero-order chi connectivity index (χ0) is 11.4. The lowest BCUT2D eigenvalue weighted by Gasteiger charge is -2.28. The zero-order valence-corrected chi connectivity index (χ0v) is 9.98. The van der Waals surface area contributed by atoms with E-state index < -0.39 is 0 Å². The Balaban J connectivity index is 1.83. The molecule has 2 heterocycles. The largest absolute Gasteiger partial charge is 0.446 e. The smallest absolute Gasteiger partial charge is 0.194 e. The lowest BCUT2D eigenvalue weighted by Crippen LogP contribution is -2.30. The standard InChI is InChI=1S/C12H21N3O/c1-15-6-3-10(4-7-15)8-12-14-9-11(16-12)2-5-13/h9-10H,2-8,13H2,1H3. The average Bonchev–Trinajstić information content (AvgIpc) is 2.70. The van der Waals surface area contributed by atoms with E-state index in [-0.39, 0.29) is 0 Å². The molecule has 1 aromatic heterocycles. The highest BCUT2D eigenvalue weighted by Gasteiger charge is 2.18. The van der Waals surface area contributed by atoms with E-state index in [1.807, 2.05) is 6.20 Å². The molecule has 0 unspecified atom stereocenters. The quantitative estimate of drug-likeness (QED) is 0.829. The maximum atomic E-state index is 5.65. The molecule has 16 heavy (non-hydrogen) atoms. The van der Waals surface area contributed by atoms with Crippen LogP contribution >= 0.6 is 0 Å². The fraction of sp³-hybridized carbons (Fsp3) is 0.750. The first-order valence-electron chi connectivity index (χ1n) is 6.10. The van der Waals surface area contributed by atoms with Gasteiger partial charge in [0, 0.05) is 12.8 Å². The van der Waals surface area contributed by atoms with Gasteiger partial charge in [-0.25, -0.2) is 4.98 Å². The number of hydrogen-bond donors (Lipinski definition) is 1. The SMILES string of the molecule is CN1CCC(Cc2ncc(CCN)o2)CC1. The molecule has 2 N–H and O–H groups in total. The van der Waals surface area contributed by atoms with Crippen molar-refractivity contribution in [3.8, 4) is 0 Å². The van der Waals surface area contributed by atoms with Crippen molar-refractivity contribution in [3.05, 3.63) is 17.8 Å². The summed E-state index contributed by atoms with van der Waals surface area (Å²) in [7, 11) is 2.18. The van der Waals surface area contributed by atoms with Crippen molar-refractivity contribution < 1.29 is 4.42 Å². The summed E-state index contributed by atoms with van der Waals surface area (Å²) in [6.45, 7) is 3.02. The summed E-state index contributed by atoms with van der Waals surface area (Å²) in [6.07, 6.45) is 6.10. The second-order valence-corrected chi connectivity index (χ2v) is 4.71. The number of nitrogens with zero attached hydrogens (tertiary/aromatic N) is 2. The topological polar surface area (TPSA) is 55.3 Å². The van der Waals surface area contributed by atoms with Gasteiger partial charge in [0.25, 0.3) is 0 Å². The Morgan fingerprint density at radius 3 is 2.94 bits per heavy atom. The van der Waals surface area contributed by atoms with Crippen LogP contribution in [0.3, 0.4) is 0 Å². The lowest BCUT2D eigenvalue weighted by molar-refractivity contribution is 0.211. The molecule has 0 atom stereocenters. The Bertz CT molecular complexity index is 316. The maximum absolute atomic E-state index is 5.65. The number of nitrogens with two attached hydrogens (primary N) is 1. The summed E-state index contributed by atoms with van der Waals surface area (Å²) in [5, 5.41) is 0. The van der Waals surface area contributed by atoms with Crippen molar-refractivity contribution in [2.24, 2.45) is 11.7 Å². The molecule has 1 aromatic rings. The number of hydrogen-bond acceptors (Lipinski definition) is 4. The first-order chi connectivity index (χ1) is 7.78. The molecule has 0 amide bonds. The molecule has 0 bridgehead atoms. The second-order valence-electron chi connectivity index (χ2n) is 4.71. The van der Waals surface area contributed by atoms with Gasteiger partial charge in [-0.3, -0.25) is 0 Å². The van der Waals surface area contributed by atoms with Crippen molar-refractivity contribution in [1.82, 2.24) is 9.88 Å². The van der Waals surface area contributed by atoms with E-state index in [1.54, 1.807) is 0 Å². The van der Waals surface area contributed by atoms with Crippen LogP contribution in [0.15, 0.2) is 10.6 Å². The Hall–Kier alpha value is -0.870. The summed E-state index contributed by atoms with van der Waals surface area (Å²) in [6, 6.07) is 0. The summed E-state index contributed by atoms with van der Waals surface area (Å²) < 4.78 is 5.65. The molecular formula is C12H21N3O. The van der Waals surface area contributed by atoms with E-state index in [9.17, 15) is 0 Å². The number of aromatic nitrogens is 1. The molecule has 90 valence electrons. The monoisotopic (exact) mass is 223 g/mol. The number of piperidine rings is 1. The normalized spacial score (nSPS) is 19.1. The van der Waals surface area contributed by atoms with Crippen molar-refractivity contribution in [2.75, 3.05) is 26.7 Å². The fourth-order valence-electron chi connectivity index (χ4n) is 2.21. The third kappa shape index (κ3) is 3.06. The van der Waals surface area contributed by atoms with E-state index in [0.29, 0.717) is 6.54 Å². The maximum Gasteiger partial charge on any atom is 0.194 e. The lowest BCUT2D eigenvalue weighted by atomic mass is 9.94. The molecule has 0 radical (unpaired) electrons. The first kappa shape index (κ1) is 11.6. The van der Waals surface area contributed by atoms with Crippen molar-refractivity contribution in [3.63, 3.8) is 0 Å². The van der Waals surface area contributed by atoms with Crippen molar-refractivity contribution >= 4 is 0 Å². The highest BCUT2D eigenvalue weighted by molar-refractivity contribution is 4.96. The molecule has 0 aromatic carbocycles. The summed E-state index contributed by atoms with van der Waals surface area (Å²) >= 11 is 0. The fourth-order valence-corrected chi connectivity index (χ4v) is 2.21. The van der Waals surface area contributed by atoms with Gasteiger partial charge in [-0.1, -0.05) is 0 Å². The minimum Gasteiger partial charge on any atom is -0.446 e. The number of oxazole rings is 1. The minimum absolute atomic E-state index is 0.628. The molecule has 1 fully saturated rings. The van der Waals surface area contributed by atoms with Gasteiger partial charge in [0.15, 0.2) is 5.89 Å². The molecule has 1 aliphatic rings. The van der Waals surface area contributed by atoms with Crippen LogP contribution in [-0.4, -0.2) is 36.6 Å². The predicted molar refractivity (Wildman–Crippen MR) is 63.2 cm³/mol. The van der Waals surface area contributed by atoms with Crippen LogP contribution in [0.5, 0.6) is 0 Å². The first-order valence-corrected chi connectivity index (χ1v) is 6.10. The van der Waals surface area contributed by atoms with Crippen LogP contribution in [-0.2, 0) is 12.8 Å². The van der Waals surface area contributed by atoms with Crippen LogP contribution in [0.4, 0.5) is 0 Å². The van der Waals surface area contributed by atoms with E-state index >= 15 is 0 Å². The average molecular weight is 223 g/mol. The van der Waals surface area contributed by atoms with Gasteiger partial charge in [-0.05, 0) is 45.4 Å². The van der Waals surface area contributed by atoms with Gasteiger partial charge >= 0.3 is 0 Å². The van der Waals surface area contributed by atoms with E-state index in [4.69, 9.17) is 10.2 Å². The van der Waals surface area contributed by atoms with Crippen LogP contribution in [0.1, 0.15) is 24.5 Å². The Morgan fingerprint density at radius 2 is 2.25 bits per heavy atom. The second kappa shape index (κ2) is 5.46. The van der Waals surface area contributed by atoms with Crippen LogP contribution in [0.25, 0.3) is 0 Å². The van der Waals surface area contributed by atoms with E-state index in [1.165, 1.54) is 25.9 Å². The zero-order valence-electron chi connectivity index (χ0n) is 9.98. The number of rotatable bonds is 4. The van der Waals surface area contributed by atoms with Gasteiger partial charge in [0.2, 0.25) is 0 Å². The molecule has 4 heteroatoms. The predicted octanol–water partition coefficient (Wildman–Crippen LogP) is 1.06. The Labute approximate surface area is 96.8 Å². The van der Waals surface area contributed by atoms with Gasteiger partial charge in [0.05, 0.1) is 6.20 Å². The summed E-state index contributed by atoms with van der Waals surface area (Å²) in [5.74, 6) is 2.55. The Morgan fingerprint density at radius 1 is 1.50 bits per heavy atom. The molecule has 0 spiro atoms. The molecule has 0 saturated carbocycles. The Kier molecular flexibility index (Phi) is 3.96. The molecule has 0 aliphatic carbocycles. The third-order valence-corrected chi connectivity index (χ3v) is 3.29. The van der Waals surface area contributed by atoms with Crippen molar-refractivity contribution in [2.45, 2.75) is 25.7 Å². The van der Waals surface area contributed by atoms with E-state index in [2.05, 4.69) is 16.9 Å². The van der Waals surface area contributed by atoms with Gasteiger partial charge in [-0.15, -0.1) is 0 Å².